The molecule has 214 valence electrons. The highest BCUT2D eigenvalue weighted by Gasteiger charge is 2.29. The first-order valence-corrected chi connectivity index (χ1v) is 13.1. The number of nitrogens with one attached hydrogen (secondary N) is 4. The molecule has 0 aliphatic rings. The van der Waals surface area contributed by atoms with Crippen molar-refractivity contribution >= 4 is 34.6 Å². The van der Waals surface area contributed by atoms with Gasteiger partial charge in [-0.15, -0.1) is 0 Å². The molecule has 0 aliphatic carbocycles. The van der Waals surface area contributed by atoms with Crippen molar-refractivity contribution < 1.29 is 29.4 Å². The van der Waals surface area contributed by atoms with E-state index >= 15 is 0 Å². The molecular weight excluding hydrogens is 516 g/mol. The van der Waals surface area contributed by atoms with Crippen molar-refractivity contribution in [3.63, 3.8) is 0 Å². The van der Waals surface area contributed by atoms with Crippen LogP contribution in [0.5, 0.6) is 5.75 Å². The molecule has 3 amide bonds. The van der Waals surface area contributed by atoms with Crippen LogP contribution in [0.2, 0.25) is 0 Å². The number of carboxylic acids is 1. The number of aliphatic carboxylic acids is 1. The number of hydrogen-bond donors (Lipinski definition) is 8. The molecule has 1 heterocycles. The fourth-order valence-corrected chi connectivity index (χ4v) is 4.28. The van der Waals surface area contributed by atoms with Crippen LogP contribution in [0.4, 0.5) is 0 Å². The minimum Gasteiger partial charge on any atom is -0.508 e. The summed E-state index contributed by atoms with van der Waals surface area (Å²) in [6.07, 6.45) is 3.60. The van der Waals surface area contributed by atoms with Crippen LogP contribution in [0.1, 0.15) is 30.4 Å². The maximum Gasteiger partial charge on any atom is 0.322 e. The molecule has 0 bridgehead atoms. The zero-order valence-corrected chi connectivity index (χ0v) is 22.1. The van der Waals surface area contributed by atoms with Gasteiger partial charge < -0.3 is 42.6 Å². The van der Waals surface area contributed by atoms with Crippen LogP contribution in [-0.2, 0) is 32.0 Å². The average Bonchev–Trinajstić information content (AvgIpc) is 3.34. The molecule has 0 fully saturated rings. The second kappa shape index (κ2) is 14.7. The number of H-pyrrole nitrogens is 1. The number of benzene rings is 2. The van der Waals surface area contributed by atoms with Crippen molar-refractivity contribution in [2.75, 3.05) is 13.1 Å². The minimum absolute atomic E-state index is 0.0459. The first kappa shape index (κ1) is 30.1. The molecule has 3 aromatic rings. The lowest BCUT2D eigenvalue weighted by molar-refractivity contribution is -0.138. The van der Waals surface area contributed by atoms with Crippen molar-refractivity contribution in [2.45, 2.75) is 50.2 Å². The number of hydrogen-bond acceptors (Lipinski definition) is 7. The van der Waals surface area contributed by atoms with E-state index in [1.807, 2.05) is 24.3 Å². The molecule has 0 saturated heterocycles. The van der Waals surface area contributed by atoms with Crippen molar-refractivity contribution in [2.24, 2.45) is 11.5 Å². The molecule has 12 heteroatoms. The summed E-state index contributed by atoms with van der Waals surface area (Å²) in [5.41, 5.74) is 13.8. The number of unbranched alkanes of at least 4 members (excludes halogenated alkanes) is 1. The molecule has 3 atom stereocenters. The Morgan fingerprint density at radius 3 is 2.25 bits per heavy atom. The average molecular weight is 553 g/mol. The van der Waals surface area contributed by atoms with Gasteiger partial charge in [-0.1, -0.05) is 36.8 Å². The molecule has 10 N–H and O–H groups in total. The SMILES string of the molecule is NCCCCC(N)C(=O)NC(Cc1ccc(O)cc1)C(=O)NC(Cc1c[nH]c2ccccc12)C(=O)NCC(=O)O. The fraction of sp³-hybridized carbons (Fsp3) is 0.357. The fourth-order valence-electron chi connectivity index (χ4n) is 4.28. The number of fused-ring (bicyclic) bond motifs is 1. The number of carbonyl (C=O) groups excluding carboxylic acids is 3. The van der Waals surface area contributed by atoms with Gasteiger partial charge in [-0.05, 0) is 48.7 Å². The molecule has 3 rings (SSSR count). The highest BCUT2D eigenvalue weighted by atomic mass is 16.4. The second-order valence-corrected chi connectivity index (χ2v) is 9.56. The summed E-state index contributed by atoms with van der Waals surface area (Å²) in [6, 6.07) is 10.5. The summed E-state index contributed by atoms with van der Waals surface area (Å²) >= 11 is 0. The van der Waals surface area contributed by atoms with E-state index in [9.17, 15) is 24.3 Å². The summed E-state index contributed by atoms with van der Waals surface area (Å²) < 4.78 is 0. The lowest BCUT2D eigenvalue weighted by Gasteiger charge is -2.24. The number of aromatic nitrogens is 1. The van der Waals surface area contributed by atoms with Crippen molar-refractivity contribution in [1.29, 1.82) is 0 Å². The van der Waals surface area contributed by atoms with Crippen LogP contribution in [0, 0.1) is 0 Å². The van der Waals surface area contributed by atoms with Crippen LogP contribution in [-0.4, -0.2) is 70.1 Å². The van der Waals surface area contributed by atoms with E-state index in [1.165, 1.54) is 12.1 Å². The Bertz CT molecular complexity index is 1310. The smallest absolute Gasteiger partial charge is 0.322 e. The molecule has 0 saturated carbocycles. The Kier molecular flexibility index (Phi) is 11.0. The molecule has 3 unspecified atom stereocenters. The first-order chi connectivity index (χ1) is 19.2. The Balaban J connectivity index is 1.82. The van der Waals surface area contributed by atoms with E-state index in [0.717, 1.165) is 16.5 Å². The molecule has 0 aliphatic heterocycles. The number of carboxylic acid groups (broad SMARTS) is 1. The number of amides is 3. The van der Waals surface area contributed by atoms with Gasteiger partial charge in [-0.2, -0.15) is 0 Å². The molecule has 40 heavy (non-hydrogen) atoms. The molecule has 12 nitrogen and oxygen atoms in total. The van der Waals surface area contributed by atoms with Gasteiger partial charge >= 0.3 is 5.97 Å². The summed E-state index contributed by atoms with van der Waals surface area (Å²) in [5.74, 6) is -3.05. The Labute approximate surface area is 231 Å². The number of carbonyl (C=O) groups is 4. The Morgan fingerprint density at radius 1 is 0.875 bits per heavy atom. The third-order valence-electron chi connectivity index (χ3n) is 6.46. The van der Waals surface area contributed by atoms with Gasteiger partial charge in [0.25, 0.3) is 0 Å². The third kappa shape index (κ3) is 8.82. The second-order valence-electron chi connectivity index (χ2n) is 9.56. The lowest BCUT2D eigenvalue weighted by atomic mass is 10.0. The number of aromatic hydroxyl groups is 1. The van der Waals surface area contributed by atoms with Gasteiger partial charge in [0, 0.05) is 29.9 Å². The van der Waals surface area contributed by atoms with E-state index in [-0.39, 0.29) is 18.6 Å². The van der Waals surface area contributed by atoms with E-state index in [4.69, 9.17) is 16.6 Å². The summed E-state index contributed by atoms with van der Waals surface area (Å²) in [4.78, 5) is 53.6. The van der Waals surface area contributed by atoms with Crippen molar-refractivity contribution in [3.8, 4) is 5.75 Å². The highest BCUT2D eigenvalue weighted by molar-refractivity contribution is 5.94. The zero-order chi connectivity index (χ0) is 29.1. The topological polar surface area (TPSA) is 213 Å². The highest BCUT2D eigenvalue weighted by Crippen LogP contribution is 2.19. The Morgan fingerprint density at radius 2 is 1.55 bits per heavy atom. The van der Waals surface area contributed by atoms with Gasteiger partial charge in [0.15, 0.2) is 0 Å². The van der Waals surface area contributed by atoms with Gasteiger partial charge in [-0.3, -0.25) is 19.2 Å². The molecule has 1 aromatic heterocycles. The quantitative estimate of drug-likeness (QED) is 0.122. The summed E-state index contributed by atoms with van der Waals surface area (Å²) in [5, 5.41) is 27.2. The van der Waals surface area contributed by atoms with E-state index in [0.29, 0.717) is 31.4 Å². The van der Waals surface area contributed by atoms with Gasteiger partial charge in [0.2, 0.25) is 17.7 Å². The largest absolute Gasteiger partial charge is 0.508 e. The normalized spacial score (nSPS) is 13.2. The summed E-state index contributed by atoms with van der Waals surface area (Å²) in [6.45, 7) is -0.146. The van der Waals surface area contributed by atoms with Crippen LogP contribution >= 0.6 is 0 Å². The minimum atomic E-state index is -1.23. The van der Waals surface area contributed by atoms with Crippen LogP contribution in [0.15, 0.2) is 54.7 Å². The summed E-state index contributed by atoms with van der Waals surface area (Å²) in [7, 11) is 0. The number of para-hydroxylation sites is 1. The third-order valence-corrected chi connectivity index (χ3v) is 6.46. The number of phenolic OH excluding ortho intramolecular Hbond substituents is 1. The molecular formula is C28H36N6O6. The van der Waals surface area contributed by atoms with Gasteiger partial charge in [0.1, 0.15) is 24.4 Å². The number of aromatic amines is 1. The van der Waals surface area contributed by atoms with Crippen LogP contribution in [0.25, 0.3) is 10.9 Å². The predicted molar refractivity (Wildman–Crippen MR) is 149 cm³/mol. The number of nitrogens with two attached hydrogens (primary N) is 2. The molecule has 2 aromatic carbocycles. The number of rotatable bonds is 15. The predicted octanol–water partition coefficient (Wildman–Crippen LogP) is 0.285. The molecule has 0 radical (unpaired) electrons. The van der Waals surface area contributed by atoms with Crippen molar-refractivity contribution in [1.82, 2.24) is 20.9 Å². The lowest BCUT2D eigenvalue weighted by Crippen LogP contribution is -2.57. The maximum absolute atomic E-state index is 13.5. The Hall–Kier alpha value is -4.42. The van der Waals surface area contributed by atoms with E-state index in [2.05, 4.69) is 20.9 Å². The maximum atomic E-state index is 13.5. The molecule has 0 spiro atoms. The van der Waals surface area contributed by atoms with Crippen LogP contribution < -0.4 is 27.4 Å². The van der Waals surface area contributed by atoms with E-state index < -0.39 is 48.4 Å². The number of phenols is 1. The first-order valence-electron chi connectivity index (χ1n) is 13.1. The van der Waals surface area contributed by atoms with Crippen molar-refractivity contribution in [3.05, 3.63) is 65.9 Å². The monoisotopic (exact) mass is 552 g/mol. The van der Waals surface area contributed by atoms with E-state index in [1.54, 1.807) is 18.3 Å². The van der Waals surface area contributed by atoms with Crippen LogP contribution in [0.3, 0.4) is 0 Å². The standard InChI is InChI=1S/C28H36N6O6/c29-12-4-3-6-21(30)26(38)33-23(13-17-8-10-19(35)11-9-17)28(40)34-24(27(39)32-16-25(36)37)14-18-15-31-22-7-2-1-5-20(18)22/h1-2,5,7-11,15,21,23-24,31,35H,3-4,6,12-14,16,29-30H2,(H,32,39)(H,33,38)(H,34,40)(H,36,37). The van der Waals surface area contributed by atoms with Gasteiger partial charge in [-0.25, -0.2) is 0 Å². The van der Waals surface area contributed by atoms with Gasteiger partial charge in [0.05, 0.1) is 6.04 Å². The zero-order valence-electron chi connectivity index (χ0n) is 22.1.